The van der Waals surface area contributed by atoms with Gasteiger partial charge in [0.05, 0.1) is 30.7 Å². The Morgan fingerprint density at radius 3 is 2.53 bits per heavy atom. The molecule has 6 heteroatoms. The van der Waals surface area contributed by atoms with Crippen molar-refractivity contribution < 1.29 is 4.74 Å². The monoisotopic (exact) mass is 422 g/mol. The summed E-state index contributed by atoms with van der Waals surface area (Å²) in [7, 11) is 1.68. The number of rotatable bonds is 8. The fourth-order valence-corrected chi connectivity index (χ4v) is 3.61. The first-order chi connectivity index (χ1) is 14.5. The van der Waals surface area contributed by atoms with Crippen LogP contribution in [0, 0.1) is 13.8 Å². The number of unbranched alkanes of at least 4 members (excludes halogenated alkanes) is 1. The van der Waals surface area contributed by atoms with Crippen LogP contribution in [0.25, 0.3) is 0 Å². The Bertz CT molecular complexity index is 995. The van der Waals surface area contributed by atoms with Gasteiger partial charge in [-0.15, -0.1) is 0 Å². The zero-order valence-corrected chi connectivity index (χ0v) is 19.0. The second kappa shape index (κ2) is 10.3. The van der Waals surface area contributed by atoms with Crippen LogP contribution in [0.3, 0.4) is 0 Å². The van der Waals surface area contributed by atoms with Gasteiger partial charge in [0.2, 0.25) is 0 Å². The highest BCUT2D eigenvalue weighted by Gasteiger charge is 2.13. The fraction of sp³-hybridized carbons (Fsp3) is 0.333. The Morgan fingerprint density at radius 2 is 1.83 bits per heavy atom. The molecule has 0 aliphatic carbocycles. The molecule has 2 N–H and O–H groups in total. The van der Waals surface area contributed by atoms with Crippen molar-refractivity contribution in [3.8, 4) is 5.75 Å². The average Bonchev–Trinajstić information content (AvgIpc) is 3.00. The van der Waals surface area contributed by atoms with Crippen molar-refractivity contribution >= 4 is 28.7 Å². The van der Waals surface area contributed by atoms with E-state index in [9.17, 15) is 0 Å². The summed E-state index contributed by atoms with van der Waals surface area (Å²) < 4.78 is 7.30. The topological polar surface area (TPSA) is 51.1 Å². The molecule has 3 aromatic rings. The lowest BCUT2D eigenvalue weighted by molar-refractivity contribution is 0.414. The molecule has 0 spiro atoms. The molecule has 0 fully saturated rings. The Balaban J connectivity index is 1.65. The van der Waals surface area contributed by atoms with Crippen molar-refractivity contribution in [1.29, 1.82) is 0 Å². The molecule has 0 aliphatic rings. The van der Waals surface area contributed by atoms with E-state index < -0.39 is 0 Å². The van der Waals surface area contributed by atoms with Gasteiger partial charge in [0.1, 0.15) is 5.75 Å². The van der Waals surface area contributed by atoms with Gasteiger partial charge in [-0.25, -0.2) is 0 Å². The van der Waals surface area contributed by atoms with Crippen molar-refractivity contribution in [1.82, 2.24) is 9.78 Å². The lowest BCUT2D eigenvalue weighted by Crippen LogP contribution is -2.20. The third-order valence-corrected chi connectivity index (χ3v) is 5.32. The zero-order chi connectivity index (χ0) is 21.5. The maximum absolute atomic E-state index is 5.54. The van der Waals surface area contributed by atoms with Crippen molar-refractivity contribution in [2.45, 2.75) is 46.6 Å². The van der Waals surface area contributed by atoms with Crippen LogP contribution in [0.15, 0.2) is 48.5 Å². The first kappa shape index (κ1) is 21.8. The van der Waals surface area contributed by atoms with Crippen LogP contribution < -0.4 is 15.4 Å². The first-order valence-corrected chi connectivity index (χ1v) is 10.7. The van der Waals surface area contributed by atoms with E-state index in [1.54, 1.807) is 7.11 Å². The highest BCUT2D eigenvalue weighted by Crippen LogP contribution is 2.22. The molecule has 158 valence electrons. The summed E-state index contributed by atoms with van der Waals surface area (Å²) in [6.45, 7) is 6.92. The number of benzene rings is 2. The number of methoxy groups -OCH3 is 1. The van der Waals surface area contributed by atoms with Gasteiger partial charge in [0.15, 0.2) is 5.11 Å². The summed E-state index contributed by atoms with van der Waals surface area (Å²) in [6, 6.07) is 16.5. The molecule has 3 rings (SSSR count). The third kappa shape index (κ3) is 5.60. The van der Waals surface area contributed by atoms with E-state index in [1.807, 2.05) is 36.7 Å². The third-order valence-electron chi connectivity index (χ3n) is 5.12. The number of ether oxygens (including phenoxy) is 1. The SMILES string of the molecule is CCCCc1ccc(NC(=S)Nc2c(C)nn(Cc3cccc(OC)c3)c2C)cc1. The second-order valence-electron chi connectivity index (χ2n) is 7.43. The molecular formula is C24H30N4OS. The quantitative estimate of drug-likeness (QED) is 0.456. The Kier molecular flexibility index (Phi) is 7.46. The summed E-state index contributed by atoms with van der Waals surface area (Å²) in [5.41, 5.74) is 6.35. The van der Waals surface area contributed by atoms with E-state index in [4.69, 9.17) is 17.0 Å². The van der Waals surface area contributed by atoms with Crippen LogP contribution in [0.2, 0.25) is 0 Å². The minimum absolute atomic E-state index is 0.559. The number of aryl methyl sites for hydroxylation is 2. The molecule has 5 nitrogen and oxygen atoms in total. The van der Waals surface area contributed by atoms with Crippen molar-refractivity contribution in [2.75, 3.05) is 17.7 Å². The Morgan fingerprint density at radius 1 is 1.07 bits per heavy atom. The molecule has 0 saturated carbocycles. The van der Waals surface area contributed by atoms with Gasteiger partial charge in [-0.2, -0.15) is 5.10 Å². The zero-order valence-electron chi connectivity index (χ0n) is 18.2. The normalized spacial score (nSPS) is 10.7. The first-order valence-electron chi connectivity index (χ1n) is 10.3. The van der Waals surface area contributed by atoms with Crippen molar-refractivity contribution in [3.05, 3.63) is 71.0 Å². The number of nitrogens with zero attached hydrogens (tertiary/aromatic N) is 2. The van der Waals surface area contributed by atoms with Crippen LogP contribution in [-0.2, 0) is 13.0 Å². The molecule has 2 aromatic carbocycles. The van der Waals surface area contributed by atoms with E-state index >= 15 is 0 Å². The van der Waals surface area contributed by atoms with E-state index in [0.29, 0.717) is 11.7 Å². The molecule has 0 atom stereocenters. The second-order valence-corrected chi connectivity index (χ2v) is 7.84. The standard InChI is InChI=1S/C24H30N4OS/c1-5-6-8-19-11-13-21(14-12-19)25-24(30)26-23-17(2)27-28(18(23)3)16-20-9-7-10-22(15-20)29-4/h7,9-15H,5-6,8,16H2,1-4H3,(H2,25,26,30). The predicted molar refractivity (Wildman–Crippen MR) is 129 cm³/mol. The molecule has 0 unspecified atom stereocenters. The largest absolute Gasteiger partial charge is 0.497 e. The van der Waals surface area contributed by atoms with E-state index in [2.05, 4.69) is 53.0 Å². The van der Waals surface area contributed by atoms with Gasteiger partial charge in [-0.1, -0.05) is 37.6 Å². The van der Waals surface area contributed by atoms with Crippen LogP contribution in [0.4, 0.5) is 11.4 Å². The highest BCUT2D eigenvalue weighted by molar-refractivity contribution is 7.80. The lowest BCUT2D eigenvalue weighted by Gasteiger charge is -2.12. The van der Waals surface area contributed by atoms with Gasteiger partial charge in [-0.05, 0) is 74.3 Å². The number of anilines is 2. The van der Waals surface area contributed by atoms with E-state index in [0.717, 1.165) is 40.5 Å². The molecule has 30 heavy (non-hydrogen) atoms. The predicted octanol–water partition coefficient (Wildman–Crippen LogP) is 5.71. The maximum atomic E-state index is 5.54. The smallest absolute Gasteiger partial charge is 0.175 e. The van der Waals surface area contributed by atoms with Crippen molar-refractivity contribution in [2.24, 2.45) is 0 Å². The molecule has 0 bridgehead atoms. The van der Waals surface area contributed by atoms with Crippen LogP contribution in [-0.4, -0.2) is 22.0 Å². The Hall–Kier alpha value is -2.86. The van der Waals surface area contributed by atoms with Gasteiger partial charge in [-0.3, -0.25) is 4.68 Å². The molecule has 1 heterocycles. The number of hydrogen-bond acceptors (Lipinski definition) is 3. The lowest BCUT2D eigenvalue weighted by atomic mass is 10.1. The summed E-state index contributed by atoms with van der Waals surface area (Å²) in [4.78, 5) is 0. The highest BCUT2D eigenvalue weighted by atomic mass is 32.1. The molecular weight excluding hydrogens is 392 g/mol. The van der Waals surface area contributed by atoms with E-state index in [1.165, 1.54) is 18.4 Å². The molecule has 1 aromatic heterocycles. The van der Waals surface area contributed by atoms with Crippen LogP contribution in [0.5, 0.6) is 5.75 Å². The summed E-state index contributed by atoms with van der Waals surface area (Å²) in [5, 5.41) is 11.8. The number of hydrogen-bond donors (Lipinski definition) is 2. The van der Waals surface area contributed by atoms with Crippen LogP contribution >= 0.6 is 12.2 Å². The van der Waals surface area contributed by atoms with Crippen LogP contribution in [0.1, 0.15) is 42.3 Å². The van der Waals surface area contributed by atoms with Gasteiger partial charge < -0.3 is 15.4 Å². The van der Waals surface area contributed by atoms with Gasteiger partial charge in [0.25, 0.3) is 0 Å². The van der Waals surface area contributed by atoms with E-state index in [-0.39, 0.29) is 0 Å². The maximum Gasteiger partial charge on any atom is 0.175 e. The fourth-order valence-electron chi connectivity index (χ4n) is 3.39. The molecule has 0 aliphatic heterocycles. The number of aromatic nitrogens is 2. The molecule has 0 saturated heterocycles. The number of thiocarbonyl (C=S) groups is 1. The number of nitrogens with one attached hydrogen (secondary N) is 2. The summed E-state index contributed by atoms with van der Waals surface area (Å²) in [6.07, 6.45) is 3.54. The average molecular weight is 423 g/mol. The summed E-state index contributed by atoms with van der Waals surface area (Å²) >= 11 is 5.54. The van der Waals surface area contributed by atoms with Gasteiger partial charge in [0, 0.05) is 5.69 Å². The van der Waals surface area contributed by atoms with Crippen molar-refractivity contribution in [3.63, 3.8) is 0 Å². The van der Waals surface area contributed by atoms with Gasteiger partial charge >= 0.3 is 0 Å². The minimum atomic E-state index is 0.559. The molecule has 0 amide bonds. The summed E-state index contributed by atoms with van der Waals surface area (Å²) in [5.74, 6) is 0.846. The molecule has 0 radical (unpaired) electrons. The minimum Gasteiger partial charge on any atom is -0.497 e. The Labute approximate surface area is 184 Å².